The maximum atomic E-state index is 2.29. The molecule has 1 aliphatic heterocycles. The van der Waals surface area contributed by atoms with Gasteiger partial charge < -0.3 is 4.57 Å². The van der Waals surface area contributed by atoms with Crippen LogP contribution in [0.15, 0.2) is 30.5 Å². The Morgan fingerprint density at radius 1 is 1.20 bits per heavy atom. The Bertz CT molecular complexity index is 483. The number of aromatic nitrogens is 1. The van der Waals surface area contributed by atoms with Gasteiger partial charge in [0.15, 0.2) is 0 Å². The van der Waals surface area contributed by atoms with E-state index in [1.54, 1.807) is 0 Å². The van der Waals surface area contributed by atoms with Gasteiger partial charge in [0.1, 0.15) is 0 Å². The van der Waals surface area contributed by atoms with Gasteiger partial charge in [-0.05, 0) is 6.07 Å². The van der Waals surface area contributed by atoms with E-state index in [2.05, 4.69) is 65.6 Å². The molecular formula is C12H13NS2. The fourth-order valence-electron chi connectivity index (χ4n) is 2.10. The van der Waals surface area contributed by atoms with E-state index < -0.39 is 0 Å². The third-order valence-electron chi connectivity index (χ3n) is 2.80. The molecule has 15 heavy (non-hydrogen) atoms. The Kier molecular flexibility index (Phi) is 2.45. The van der Waals surface area contributed by atoms with E-state index in [0.717, 1.165) is 0 Å². The van der Waals surface area contributed by atoms with E-state index in [-0.39, 0.29) is 0 Å². The predicted octanol–water partition coefficient (Wildman–Crippen LogP) is 3.66. The summed E-state index contributed by atoms with van der Waals surface area (Å²) in [4.78, 5) is 0. The van der Waals surface area contributed by atoms with Crippen LogP contribution >= 0.6 is 23.5 Å². The third-order valence-corrected chi connectivity index (χ3v) is 5.87. The first-order valence-corrected chi connectivity index (χ1v) is 7.23. The Morgan fingerprint density at radius 3 is 2.73 bits per heavy atom. The molecule has 0 radical (unpaired) electrons. The van der Waals surface area contributed by atoms with Crippen molar-refractivity contribution in [3.63, 3.8) is 0 Å². The van der Waals surface area contributed by atoms with Crippen molar-refractivity contribution in [2.45, 2.75) is 4.58 Å². The standard InChI is InChI=1S/C12H13NS2/c1-13-8-10(12-14-6-7-15-12)9-4-2-3-5-11(9)13/h2-5,8,12H,6-7H2,1H3. The van der Waals surface area contributed by atoms with Crippen LogP contribution < -0.4 is 0 Å². The van der Waals surface area contributed by atoms with Gasteiger partial charge in [0.2, 0.25) is 0 Å². The summed E-state index contributed by atoms with van der Waals surface area (Å²) in [5, 5.41) is 1.42. The maximum absolute atomic E-state index is 2.29. The number of aryl methyl sites for hydroxylation is 1. The molecule has 1 saturated heterocycles. The summed E-state index contributed by atoms with van der Waals surface area (Å²) >= 11 is 4.15. The highest BCUT2D eigenvalue weighted by atomic mass is 32.2. The highest BCUT2D eigenvalue weighted by Gasteiger charge is 2.21. The highest BCUT2D eigenvalue weighted by Crippen LogP contribution is 2.47. The SMILES string of the molecule is Cn1cc(C2SCCS2)c2ccccc21. The summed E-state index contributed by atoms with van der Waals surface area (Å²) in [6.07, 6.45) is 2.29. The molecule has 0 atom stereocenters. The van der Waals surface area contributed by atoms with Gasteiger partial charge in [-0.25, -0.2) is 0 Å². The molecule has 0 amide bonds. The lowest BCUT2D eigenvalue weighted by Gasteiger charge is -2.05. The van der Waals surface area contributed by atoms with Gasteiger partial charge in [-0.2, -0.15) is 0 Å². The summed E-state index contributed by atoms with van der Waals surface area (Å²) in [6.45, 7) is 0. The fourth-order valence-corrected chi connectivity index (χ4v) is 4.99. The predicted molar refractivity (Wildman–Crippen MR) is 70.6 cm³/mol. The van der Waals surface area contributed by atoms with E-state index in [1.165, 1.54) is 28.0 Å². The lowest BCUT2D eigenvalue weighted by molar-refractivity contribution is 0.962. The number of hydrogen-bond donors (Lipinski definition) is 0. The van der Waals surface area contributed by atoms with Crippen molar-refractivity contribution in [1.29, 1.82) is 0 Å². The lowest BCUT2D eigenvalue weighted by atomic mass is 10.2. The first kappa shape index (κ1) is 9.67. The molecule has 1 aromatic carbocycles. The van der Waals surface area contributed by atoms with E-state index in [4.69, 9.17) is 0 Å². The average Bonchev–Trinajstić information content (AvgIpc) is 2.87. The summed E-state index contributed by atoms with van der Waals surface area (Å²) in [5.41, 5.74) is 2.85. The molecule has 1 nitrogen and oxygen atoms in total. The Morgan fingerprint density at radius 2 is 1.93 bits per heavy atom. The second-order valence-corrected chi connectivity index (χ2v) is 6.51. The lowest BCUT2D eigenvalue weighted by Crippen LogP contribution is -1.83. The van der Waals surface area contributed by atoms with Gasteiger partial charge in [-0.1, -0.05) is 18.2 Å². The van der Waals surface area contributed by atoms with Gasteiger partial charge in [0, 0.05) is 41.2 Å². The molecule has 1 aliphatic rings. The number of benzene rings is 1. The first-order chi connectivity index (χ1) is 7.36. The number of thioether (sulfide) groups is 2. The highest BCUT2D eigenvalue weighted by molar-refractivity contribution is 8.19. The smallest absolute Gasteiger partial charge is 0.0772 e. The van der Waals surface area contributed by atoms with E-state index in [0.29, 0.717) is 4.58 Å². The third kappa shape index (κ3) is 1.58. The first-order valence-electron chi connectivity index (χ1n) is 5.13. The number of nitrogens with zero attached hydrogens (tertiary/aromatic N) is 1. The van der Waals surface area contributed by atoms with Gasteiger partial charge in [-0.15, -0.1) is 23.5 Å². The van der Waals surface area contributed by atoms with Crippen molar-refractivity contribution >= 4 is 34.4 Å². The minimum Gasteiger partial charge on any atom is -0.350 e. The molecule has 0 bridgehead atoms. The molecule has 1 aromatic heterocycles. The van der Waals surface area contributed by atoms with Crippen LogP contribution in [0.2, 0.25) is 0 Å². The minimum atomic E-state index is 0.649. The molecule has 0 N–H and O–H groups in total. The Labute approximate surface area is 98.2 Å². The molecule has 78 valence electrons. The molecule has 2 aromatic rings. The quantitative estimate of drug-likeness (QED) is 0.743. The molecule has 0 aliphatic carbocycles. The minimum absolute atomic E-state index is 0.649. The summed E-state index contributed by atoms with van der Waals surface area (Å²) in [5.74, 6) is 2.58. The van der Waals surface area contributed by atoms with E-state index in [1.807, 2.05) is 0 Å². The molecular weight excluding hydrogens is 222 g/mol. The zero-order valence-electron chi connectivity index (χ0n) is 8.64. The van der Waals surface area contributed by atoms with Crippen LogP contribution in [-0.4, -0.2) is 16.1 Å². The molecule has 0 unspecified atom stereocenters. The summed E-state index contributed by atoms with van der Waals surface area (Å²) < 4.78 is 2.89. The van der Waals surface area contributed by atoms with Crippen molar-refractivity contribution in [2.75, 3.05) is 11.5 Å². The van der Waals surface area contributed by atoms with Crippen LogP contribution in [-0.2, 0) is 7.05 Å². The van der Waals surface area contributed by atoms with Crippen LogP contribution in [0.25, 0.3) is 10.9 Å². The van der Waals surface area contributed by atoms with Gasteiger partial charge >= 0.3 is 0 Å². The molecule has 0 saturated carbocycles. The Balaban J connectivity index is 2.17. The zero-order chi connectivity index (χ0) is 10.3. The van der Waals surface area contributed by atoms with Gasteiger partial charge in [-0.3, -0.25) is 0 Å². The second-order valence-electron chi connectivity index (χ2n) is 3.79. The number of fused-ring (bicyclic) bond motifs is 1. The molecule has 0 spiro atoms. The van der Waals surface area contributed by atoms with Crippen molar-refractivity contribution in [3.8, 4) is 0 Å². The monoisotopic (exact) mass is 235 g/mol. The van der Waals surface area contributed by atoms with Crippen molar-refractivity contribution < 1.29 is 0 Å². The number of rotatable bonds is 1. The van der Waals surface area contributed by atoms with Gasteiger partial charge in [0.25, 0.3) is 0 Å². The second kappa shape index (κ2) is 3.80. The molecule has 3 heteroatoms. The van der Waals surface area contributed by atoms with Crippen LogP contribution in [0.5, 0.6) is 0 Å². The maximum Gasteiger partial charge on any atom is 0.0772 e. The molecule has 3 rings (SSSR count). The van der Waals surface area contributed by atoms with Gasteiger partial charge in [0.05, 0.1) is 4.58 Å². The fraction of sp³-hybridized carbons (Fsp3) is 0.333. The molecule has 2 heterocycles. The zero-order valence-corrected chi connectivity index (χ0v) is 10.3. The average molecular weight is 235 g/mol. The van der Waals surface area contributed by atoms with Crippen molar-refractivity contribution in [2.24, 2.45) is 7.05 Å². The number of hydrogen-bond acceptors (Lipinski definition) is 2. The summed E-state index contributed by atoms with van der Waals surface area (Å²) in [7, 11) is 2.14. The largest absolute Gasteiger partial charge is 0.350 e. The van der Waals surface area contributed by atoms with E-state index in [9.17, 15) is 0 Å². The molecule has 1 fully saturated rings. The topological polar surface area (TPSA) is 4.93 Å². The van der Waals surface area contributed by atoms with Crippen LogP contribution in [0.4, 0.5) is 0 Å². The van der Waals surface area contributed by atoms with E-state index >= 15 is 0 Å². The van der Waals surface area contributed by atoms with Crippen LogP contribution in [0, 0.1) is 0 Å². The normalized spacial score (nSPS) is 17.7. The number of para-hydroxylation sites is 1. The summed E-state index contributed by atoms with van der Waals surface area (Å²) in [6, 6.07) is 8.68. The van der Waals surface area contributed by atoms with Crippen LogP contribution in [0.3, 0.4) is 0 Å². The van der Waals surface area contributed by atoms with Crippen molar-refractivity contribution in [3.05, 3.63) is 36.0 Å². The Hall–Kier alpha value is -0.540. The van der Waals surface area contributed by atoms with Crippen molar-refractivity contribution in [1.82, 2.24) is 4.57 Å². The van der Waals surface area contributed by atoms with Crippen LogP contribution in [0.1, 0.15) is 10.1 Å².